The Morgan fingerprint density at radius 3 is 2.50 bits per heavy atom. The first kappa shape index (κ1) is 19.9. The van der Waals surface area contributed by atoms with Crippen LogP contribution in [0.2, 0.25) is 0 Å². The SMILES string of the molecule is CN=C(NCC1CCN(C)CC1)N1CCC(OCC2CCCCO2)CC1. The Morgan fingerprint density at radius 1 is 1.08 bits per heavy atom. The molecule has 150 valence electrons. The maximum atomic E-state index is 6.13. The molecule has 0 saturated carbocycles. The van der Waals surface area contributed by atoms with Gasteiger partial charge in [0.1, 0.15) is 0 Å². The number of nitrogens with one attached hydrogen (secondary N) is 1. The third kappa shape index (κ3) is 6.10. The molecule has 0 aromatic rings. The Morgan fingerprint density at radius 2 is 1.85 bits per heavy atom. The maximum Gasteiger partial charge on any atom is 0.193 e. The van der Waals surface area contributed by atoms with Crippen LogP contribution < -0.4 is 5.32 Å². The fourth-order valence-corrected chi connectivity index (χ4v) is 4.25. The van der Waals surface area contributed by atoms with E-state index in [1.807, 2.05) is 7.05 Å². The highest BCUT2D eigenvalue weighted by atomic mass is 16.5. The predicted octanol–water partition coefficient (Wildman–Crippen LogP) is 1.95. The van der Waals surface area contributed by atoms with E-state index in [0.717, 1.165) is 64.0 Å². The molecule has 3 saturated heterocycles. The lowest BCUT2D eigenvalue weighted by atomic mass is 9.97. The van der Waals surface area contributed by atoms with Crippen molar-refractivity contribution in [3.63, 3.8) is 0 Å². The minimum Gasteiger partial charge on any atom is -0.376 e. The fourth-order valence-electron chi connectivity index (χ4n) is 4.25. The van der Waals surface area contributed by atoms with Crippen LogP contribution in [-0.2, 0) is 9.47 Å². The van der Waals surface area contributed by atoms with E-state index in [1.165, 1.54) is 38.8 Å². The zero-order valence-corrected chi connectivity index (χ0v) is 16.8. The molecule has 0 aromatic heterocycles. The van der Waals surface area contributed by atoms with Crippen molar-refractivity contribution in [2.24, 2.45) is 10.9 Å². The molecule has 6 nitrogen and oxygen atoms in total. The Kier molecular flexibility index (Phi) is 8.02. The lowest BCUT2D eigenvalue weighted by molar-refractivity contribution is -0.0721. The van der Waals surface area contributed by atoms with Crippen LogP contribution in [0.15, 0.2) is 4.99 Å². The van der Waals surface area contributed by atoms with Gasteiger partial charge in [-0.3, -0.25) is 4.99 Å². The molecule has 3 heterocycles. The summed E-state index contributed by atoms with van der Waals surface area (Å²) in [5.74, 6) is 1.84. The van der Waals surface area contributed by atoms with E-state index in [0.29, 0.717) is 12.2 Å². The second-order valence-electron chi connectivity index (χ2n) is 8.18. The van der Waals surface area contributed by atoms with Gasteiger partial charge in [0.15, 0.2) is 5.96 Å². The molecule has 0 spiro atoms. The van der Waals surface area contributed by atoms with E-state index in [1.54, 1.807) is 0 Å². The minimum absolute atomic E-state index is 0.325. The van der Waals surface area contributed by atoms with Gasteiger partial charge in [-0.15, -0.1) is 0 Å². The van der Waals surface area contributed by atoms with E-state index >= 15 is 0 Å². The van der Waals surface area contributed by atoms with Gasteiger partial charge in [0, 0.05) is 33.3 Å². The number of piperidine rings is 2. The third-order valence-electron chi connectivity index (χ3n) is 6.13. The van der Waals surface area contributed by atoms with Gasteiger partial charge in [-0.1, -0.05) is 0 Å². The molecule has 0 aliphatic carbocycles. The molecule has 6 heteroatoms. The second kappa shape index (κ2) is 10.5. The van der Waals surface area contributed by atoms with Gasteiger partial charge in [-0.25, -0.2) is 0 Å². The summed E-state index contributed by atoms with van der Waals surface area (Å²) in [5, 5.41) is 3.62. The summed E-state index contributed by atoms with van der Waals surface area (Å²) >= 11 is 0. The van der Waals surface area contributed by atoms with E-state index in [9.17, 15) is 0 Å². The van der Waals surface area contributed by atoms with Gasteiger partial charge in [-0.05, 0) is 71.0 Å². The summed E-state index contributed by atoms with van der Waals surface area (Å²) in [6.07, 6.45) is 9.11. The summed E-state index contributed by atoms with van der Waals surface area (Å²) < 4.78 is 11.9. The number of rotatable bonds is 5. The minimum atomic E-state index is 0.325. The Hall–Kier alpha value is -0.850. The van der Waals surface area contributed by atoms with Gasteiger partial charge in [-0.2, -0.15) is 0 Å². The molecule has 0 bridgehead atoms. The average Bonchev–Trinajstić information content (AvgIpc) is 2.70. The summed E-state index contributed by atoms with van der Waals surface area (Å²) in [4.78, 5) is 9.34. The summed E-state index contributed by atoms with van der Waals surface area (Å²) in [5.41, 5.74) is 0. The zero-order chi connectivity index (χ0) is 18.2. The van der Waals surface area contributed by atoms with Crippen molar-refractivity contribution in [3.8, 4) is 0 Å². The monoisotopic (exact) mass is 366 g/mol. The van der Waals surface area contributed by atoms with Crippen LogP contribution in [0, 0.1) is 5.92 Å². The number of ether oxygens (including phenoxy) is 2. The maximum absolute atomic E-state index is 6.13. The van der Waals surface area contributed by atoms with E-state index in [-0.39, 0.29) is 0 Å². The van der Waals surface area contributed by atoms with E-state index in [4.69, 9.17) is 9.47 Å². The molecule has 0 aromatic carbocycles. The number of likely N-dealkylation sites (tertiary alicyclic amines) is 2. The first-order valence-corrected chi connectivity index (χ1v) is 10.6. The largest absolute Gasteiger partial charge is 0.376 e. The van der Waals surface area contributed by atoms with Crippen LogP contribution in [0.1, 0.15) is 44.9 Å². The van der Waals surface area contributed by atoms with Crippen molar-refractivity contribution < 1.29 is 9.47 Å². The van der Waals surface area contributed by atoms with Crippen molar-refractivity contribution >= 4 is 5.96 Å². The molecule has 3 rings (SSSR count). The molecular weight excluding hydrogens is 328 g/mol. The van der Waals surface area contributed by atoms with Crippen molar-refractivity contribution in [2.45, 2.75) is 57.2 Å². The summed E-state index contributed by atoms with van der Waals surface area (Å²) in [6.45, 7) is 7.23. The van der Waals surface area contributed by atoms with E-state index in [2.05, 4.69) is 27.2 Å². The number of hydrogen-bond donors (Lipinski definition) is 1. The average molecular weight is 367 g/mol. The van der Waals surface area contributed by atoms with Crippen LogP contribution in [0.3, 0.4) is 0 Å². The number of guanidine groups is 1. The van der Waals surface area contributed by atoms with Crippen LogP contribution in [0.4, 0.5) is 0 Å². The van der Waals surface area contributed by atoms with Gasteiger partial charge in [0.2, 0.25) is 0 Å². The molecular formula is C20H38N4O2. The van der Waals surface area contributed by atoms with Crippen LogP contribution in [-0.4, -0.2) is 88.0 Å². The molecule has 3 aliphatic rings. The highest BCUT2D eigenvalue weighted by Crippen LogP contribution is 2.18. The zero-order valence-electron chi connectivity index (χ0n) is 16.8. The summed E-state index contributed by atoms with van der Waals surface area (Å²) in [6, 6.07) is 0. The number of hydrogen-bond acceptors (Lipinski definition) is 4. The third-order valence-corrected chi connectivity index (χ3v) is 6.13. The predicted molar refractivity (Wildman–Crippen MR) is 106 cm³/mol. The molecule has 3 aliphatic heterocycles. The molecule has 0 amide bonds. The van der Waals surface area contributed by atoms with Gasteiger partial charge in [0.05, 0.1) is 18.8 Å². The molecule has 3 fully saturated rings. The van der Waals surface area contributed by atoms with Gasteiger partial charge < -0.3 is 24.6 Å². The Bertz CT molecular complexity index is 424. The van der Waals surface area contributed by atoms with Crippen molar-refractivity contribution in [2.75, 3.05) is 60.0 Å². The fraction of sp³-hybridized carbons (Fsp3) is 0.950. The van der Waals surface area contributed by atoms with Crippen molar-refractivity contribution in [3.05, 3.63) is 0 Å². The van der Waals surface area contributed by atoms with Gasteiger partial charge >= 0.3 is 0 Å². The first-order valence-electron chi connectivity index (χ1n) is 10.6. The second-order valence-corrected chi connectivity index (χ2v) is 8.18. The normalized spacial score (nSPS) is 27.7. The van der Waals surface area contributed by atoms with Crippen LogP contribution in [0.5, 0.6) is 0 Å². The van der Waals surface area contributed by atoms with Gasteiger partial charge in [0.25, 0.3) is 0 Å². The molecule has 1 N–H and O–H groups in total. The lowest BCUT2D eigenvalue weighted by Gasteiger charge is -2.36. The number of aliphatic imine (C=N–C) groups is 1. The smallest absolute Gasteiger partial charge is 0.193 e. The lowest BCUT2D eigenvalue weighted by Crippen LogP contribution is -2.48. The highest BCUT2D eigenvalue weighted by molar-refractivity contribution is 5.79. The van der Waals surface area contributed by atoms with Crippen molar-refractivity contribution in [1.29, 1.82) is 0 Å². The Balaban J connectivity index is 1.33. The molecule has 1 unspecified atom stereocenters. The summed E-state index contributed by atoms with van der Waals surface area (Å²) in [7, 11) is 4.12. The quantitative estimate of drug-likeness (QED) is 0.595. The van der Waals surface area contributed by atoms with E-state index < -0.39 is 0 Å². The molecule has 26 heavy (non-hydrogen) atoms. The standard InChI is InChI=1S/C20H38N4O2/c1-21-20(22-15-17-6-10-23(2)11-7-17)24-12-8-18(9-13-24)26-16-19-5-3-4-14-25-19/h17-19H,3-16H2,1-2H3,(H,21,22). The molecule has 1 atom stereocenters. The Labute approximate surface area is 159 Å². The molecule has 0 radical (unpaired) electrons. The highest BCUT2D eigenvalue weighted by Gasteiger charge is 2.24. The topological polar surface area (TPSA) is 49.3 Å². The van der Waals surface area contributed by atoms with Crippen LogP contribution >= 0.6 is 0 Å². The van der Waals surface area contributed by atoms with Crippen molar-refractivity contribution in [1.82, 2.24) is 15.1 Å². The first-order chi connectivity index (χ1) is 12.7. The van der Waals surface area contributed by atoms with Crippen LogP contribution in [0.25, 0.3) is 0 Å². The number of nitrogens with zero attached hydrogens (tertiary/aromatic N) is 3.